The Kier molecular flexibility index (Phi) is 1.51. The Morgan fingerprint density at radius 1 is 1.21 bits per heavy atom. The van der Waals surface area contributed by atoms with Gasteiger partial charge < -0.3 is 0 Å². The molecule has 0 heteroatoms. The van der Waals surface area contributed by atoms with E-state index in [2.05, 4.69) is 55.5 Å². The summed E-state index contributed by atoms with van der Waals surface area (Å²) >= 11 is 0. The second-order valence-electron chi connectivity index (χ2n) is 3.89. The van der Waals surface area contributed by atoms with E-state index < -0.39 is 0 Å². The standard InChI is InChI=1S/C14H11/c1-10-6-7-14-12(8-10)9-11-4-2-3-5-13(11)14/h2-8,13H,1H3. The number of fused-ring (bicyclic) bond motifs is 3. The predicted octanol–water partition coefficient (Wildman–Crippen LogP) is 3.30. The Bertz CT molecular complexity index is 473. The van der Waals surface area contributed by atoms with E-state index in [1.165, 1.54) is 22.3 Å². The van der Waals surface area contributed by atoms with Crippen molar-refractivity contribution in [3.8, 4) is 0 Å². The molecule has 1 atom stereocenters. The molecule has 0 fully saturated rings. The van der Waals surface area contributed by atoms with Crippen molar-refractivity contribution in [1.82, 2.24) is 0 Å². The van der Waals surface area contributed by atoms with E-state index in [-0.39, 0.29) is 0 Å². The molecular formula is C14H11. The van der Waals surface area contributed by atoms with Crippen molar-refractivity contribution < 1.29 is 0 Å². The first-order chi connectivity index (χ1) is 6.84. The molecule has 0 saturated carbocycles. The zero-order valence-electron chi connectivity index (χ0n) is 8.12. The van der Waals surface area contributed by atoms with Crippen LogP contribution in [0.5, 0.6) is 0 Å². The van der Waals surface area contributed by atoms with Crippen molar-refractivity contribution in [2.45, 2.75) is 12.8 Å². The third kappa shape index (κ3) is 1.00. The molecule has 0 heterocycles. The molecule has 0 aromatic heterocycles. The lowest BCUT2D eigenvalue weighted by Crippen LogP contribution is -1.95. The Labute approximate surface area is 84.3 Å². The number of hydrogen-bond acceptors (Lipinski definition) is 0. The largest absolute Gasteiger partial charge is 0.0726 e. The Balaban J connectivity index is 2.20. The SMILES string of the molecule is Cc1ccc2c(c1)[C]=C1C=CC=CC12. The highest BCUT2D eigenvalue weighted by molar-refractivity contribution is 5.55. The lowest BCUT2D eigenvalue weighted by molar-refractivity contribution is 1.04. The Morgan fingerprint density at radius 3 is 3.07 bits per heavy atom. The van der Waals surface area contributed by atoms with Gasteiger partial charge >= 0.3 is 0 Å². The quantitative estimate of drug-likeness (QED) is 0.573. The molecule has 67 valence electrons. The first kappa shape index (κ1) is 7.81. The van der Waals surface area contributed by atoms with Crippen LogP contribution in [0.4, 0.5) is 0 Å². The van der Waals surface area contributed by atoms with Crippen LogP contribution in [0.25, 0.3) is 0 Å². The molecule has 0 spiro atoms. The first-order valence-corrected chi connectivity index (χ1v) is 4.94. The molecular weight excluding hydrogens is 168 g/mol. The van der Waals surface area contributed by atoms with E-state index in [1.54, 1.807) is 0 Å². The molecule has 1 unspecified atom stereocenters. The van der Waals surface area contributed by atoms with Crippen LogP contribution in [-0.4, -0.2) is 0 Å². The summed E-state index contributed by atoms with van der Waals surface area (Å²) in [5.41, 5.74) is 5.27. The monoisotopic (exact) mass is 179 g/mol. The molecule has 2 aliphatic carbocycles. The maximum atomic E-state index is 3.46. The fourth-order valence-corrected chi connectivity index (χ4v) is 2.14. The Hall–Kier alpha value is -1.56. The maximum Gasteiger partial charge on any atom is 0.0285 e. The summed E-state index contributed by atoms with van der Waals surface area (Å²) in [6.45, 7) is 2.13. The number of benzene rings is 1. The number of rotatable bonds is 0. The van der Waals surface area contributed by atoms with E-state index in [4.69, 9.17) is 0 Å². The minimum Gasteiger partial charge on any atom is -0.0726 e. The highest BCUT2D eigenvalue weighted by Crippen LogP contribution is 2.38. The van der Waals surface area contributed by atoms with Crippen LogP contribution in [0.15, 0.2) is 48.1 Å². The summed E-state index contributed by atoms with van der Waals surface area (Å²) in [5, 5.41) is 0. The smallest absolute Gasteiger partial charge is 0.0285 e. The lowest BCUT2D eigenvalue weighted by atomic mass is 9.92. The normalized spacial score (nSPS) is 21.8. The first-order valence-electron chi connectivity index (χ1n) is 4.94. The van der Waals surface area contributed by atoms with Gasteiger partial charge in [0.2, 0.25) is 0 Å². The fraction of sp³-hybridized carbons (Fsp3) is 0.143. The molecule has 0 saturated heterocycles. The lowest BCUT2D eigenvalue weighted by Gasteiger charge is -2.11. The van der Waals surface area contributed by atoms with E-state index >= 15 is 0 Å². The van der Waals surface area contributed by atoms with Crippen LogP contribution < -0.4 is 0 Å². The van der Waals surface area contributed by atoms with Crippen molar-refractivity contribution in [2.75, 3.05) is 0 Å². The zero-order valence-corrected chi connectivity index (χ0v) is 8.12. The highest BCUT2D eigenvalue weighted by Gasteiger charge is 2.22. The molecule has 1 aromatic rings. The molecule has 0 N–H and O–H groups in total. The van der Waals surface area contributed by atoms with Gasteiger partial charge in [0.25, 0.3) is 0 Å². The summed E-state index contributed by atoms with van der Waals surface area (Å²) in [5.74, 6) is 0.454. The van der Waals surface area contributed by atoms with Gasteiger partial charge in [-0.25, -0.2) is 0 Å². The molecule has 2 aliphatic rings. The topological polar surface area (TPSA) is 0 Å². The molecule has 0 nitrogen and oxygen atoms in total. The number of aryl methyl sites for hydroxylation is 1. The van der Waals surface area contributed by atoms with Gasteiger partial charge in [-0.1, -0.05) is 48.1 Å². The van der Waals surface area contributed by atoms with Gasteiger partial charge in [0.1, 0.15) is 0 Å². The van der Waals surface area contributed by atoms with Crippen LogP contribution in [0.2, 0.25) is 0 Å². The van der Waals surface area contributed by atoms with E-state index in [9.17, 15) is 0 Å². The third-order valence-corrected chi connectivity index (χ3v) is 2.85. The minimum atomic E-state index is 0.454. The fourth-order valence-electron chi connectivity index (χ4n) is 2.14. The summed E-state index contributed by atoms with van der Waals surface area (Å²) in [6, 6.07) is 6.61. The van der Waals surface area contributed by atoms with Crippen molar-refractivity contribution in [1.29, 1.82) is 0 Å². The van der Waals surface area contributed by atoms with Crippen molar-refractivity contribution in [2.24, 2.45) is 0 Å². The van der Waals surface area contributed by atoms with Crippen molar-refractivity contribution in [3.63, 3.8) is 0 Å². The molecule has 1 aromatic carbocycles. The zero-order chi connectivity index (χ0) is 9.54. The van der Waals surface area contributed by atoms with Crippen LogP contribution >= 0.6 is 0 Å². The third-order valence-electron chi connectivity index (χ3n) is 2.85. The number of allylic oxidation sites excluding steroid dienone is 5. The van der Waals surface area contributed by atoms with E-state index in [1.807, 2.05) is 0 Å². The van der Waals surface area contributed by atoms with Gasteiger partial charge in [0.05, 0.1) is 0 Å². The average Bonchev–Trinajstić information content (AvgIpc) is 2.54. The summed E-state index contributed by atoms with van der Waals surface area (Å²) in [6.07, 6.45) is 12.0. The van der Waals surface area contributed by atoms with Gasteiger partial charge in [-0.2, -0.15) is 0 Å². The molecule has 0 aliphatic heterocycles. The van der Waals surface area contributed by atoms with E-state index in [0.29, 0.717) is 5.92 Å². The second kappa shape index (κ2) is 2.71. The molecule has 3 rings (SSSR count). The van der Waals surface area contributed by atoms with Gasteiger partial charge in [-0.3, -0.25) is 0 Å². The van der Waals surface area contributed by atoms with Crippen LogP contribution in [-0.2, 0) is 0 Å². The average molecular weight is 179 g/mol. The van der Waals surface area contributed by atoms with Gasteiger partial charge in [0.15, 0.2) is 0 Å². The molecule has 0 amide bonds. The van der Waals surface area contributed by atoms with Crippen molar-refractivity contribution in [3.05, 3.63) is 70.8 Å². The molecule has 0 bridgehead atoms. The molecule has 1 radical (unpaired) electrons. The van der Waals surface area contributed by atoms with Crippen molar-refractivity contribution >= 4 is 0 Å². The van der Waals surface area contributed by atoms with Crippen LogP contribution in [0, 0.1) is 13.0 Å². The van der Waals surface area contributed by atoms with Gasteiger partial charge in [-0.05, 0) is 29.7 Å². The van der Waals surface area contributed by atoms with Gasteiger partial charge in [-0.15, -0.1) is 0 Å². The second-order valence-corrected chi connectivity index (χ2v) is 3.89. The summed E-state index contributed by atoms with van der Waals surface area (Å²) in [7, 11) is 0. The predicted molar refractivity (Wildman–Crippen MR) is 58.1 cm³/mol. The van der Waals surface area contributed by atoms with Crippen LogP contribution in [0.3, 0.4) is 0 Å². The van der Waals surface area contributed by atoms with Gasteiger partial charge in [0, 0.05) is 5.92 Å². The van der Waals surface area contributed by atoms with E-state index in [0.717, 1.165) is 0 Å². The maximum absolute atomic E-state index is 3.46. The summed E-state index contributed by atoms with van der Waals surface area (Å²) in [4.78, 5) is 0. The summed E-state index contributed by atoms with van der Waals surface area (Å²) < 4.78 is 0. The highest BCUT2D eigenvalue weighted by atomic mass is 14.3. The Morgan fingerprint density at radius 2 is 2.14 bits per heavy atom. The van der Waals surface area contributed by atoms with Crippen LogP contribution in [0.1, 0.15) is 22.6 Å². The number of hydrogen-bond donors (Lipinski definition) is 0. The minimum absolute atomic E-state index is 0.454. The molecule has 14 heavy (non-hydrogen) atoms.